The predicted octanol–water partition coefficient (Wildman–Crippen LogP) is 3.88. The first-order chi connectivity index (χ1) is 9.87. The second-order valence-electron chi connectivity index (χ2n) is 6.14. The Morgan fingerprint density at radius 1 is 1.19 bits per heavy atom. The Morgan fingerprint density at radius 2 is 1.90 bits per heavy atom. The van der Waals surface area contributed by atoms with Gasteiger partial charge in [-0.25, -0.2) is 9.37 Å². The Labute approximate surface area is 125 Å². The lowest BCUT2D eigenvalue weighted by Crippen LogP contribution is -2.35. The summed E-state index contributed by atoms with van der Waals surface area (Å²) in [5.74, 6) is 0.480. The van der Waals surface area contributed by atoms with Crippen LogP contribution < -0.4 is 10.2 Å². The number of hydrogen-bond donors (Lipinski definition) is 1. The van der Waals surface area contributed by atoms with Crippen LogP contribution in [0.4, 0.5) is 15.9 Å². The number of para-hydroxylation sites is 1. The molecule has 0 saturated carbocycles. The van der Waals surface area contributed by atoms with Gasteiger partial charge in [0.2, 0.25) is 0 Å². The summed E-state index contributed by atoms with van der Waals surface area (Å²) < 4.78 is 13.8. The van der Waals surface area contributed by atoms with Gasteiger partial charge < -0.3 is 10.2 Å². The Balaban J connectivity index is 2.19. The third kappa shape index (κ3) is 4.26. The predicted molar refractivity (Wildman–Crippen MR) is 85.3 cm³/mol. The van der Waals surface area contributed by atoms with Gasteiger partial charge in [-0.05, 0) is 50.6 Å². The molecule has 112 valence electrons. The second kappa shape index (κ2) is 6.22. The van der Waals surface area contributed by atoms with Crippen molar-refractivity contribution in [2.45, 2.75) is 32.9 Å². The van der Waals surface area contributed by atoms with Crippen molar-refractivity contribution in [3.8, 4) is 0 Å². The van der Waals surface area contributed by atoms with E-state index in [1.807, 2.05) is 25.2 Å². The van der Waals surface area contributed by atoms with Crippen molar-refractivity contribution in [2.75, 3.05) is 11.9 Å². The van der Waals surface area contributed by atoms with E-state index in [1.54, 1.807) is 23.2 Å². The van der Waals surface area contributed by atoms with Crippen molar-refractivity contribution in [2.24, 2.45) is 0 Å². The maximum Gasteiger partial charge on any atom is 0.146 e. The fraction of sp³-hybridized carbons (Fsp3) is 0.353. The number of pyridine rings is 1. The number of nitrogens with one attached hydrogen (secondary N) is 1. The van der Waals surface area contributed by atoms with E-state index in [4.69, 9.17) is 0 Å². The van der Waals surface area contributed by atoms with E-state index in [1.165, 1.54) is 6.07 Å². The molecule has 2 rings (SSSR count). The Bertz CT molecular complexity index is 605. The van der Waals surface area contributed by atoms with E-state index in [9.17, 15) is 4.39 Å². The third-order valence-corrected chi connectivity index (χ3v) is 3.19. The Hall–Kier alpha value is -1.94. The molecule has 1 N–H and O–H groups in total. The SMILES string of the molecule is CN(c1cc(CNC(C)(C)C)ccn1)c1ccccc1F. The molecule has 0 bridgehead atoms. The van der Waals surface area contributed by atoms with Gasteiger partial charge in [0, 0.05) is 25.3 Å². The molecule has 3 nitrogen and oxygen atoms in total. The normalized spacial score (nSPS) is 11.5. The van der Waals surface area contributed by atoms with Gasteiger partial charge in [0.15, 0.2) is 0 Å². The maximum atomic E-state index is 13.8. The van der Waals surface area contributed by atoms with Crippen molar-refractivity contribution in [3.05, 3.63) is 54.0 Å². The first-order valence-electron chi connectivity index (χ1n) is 7.05. The molecule has 1 aromatic carbocycles. The first kappa shape index (κ1) is 15.4. The van der Waals surface area contributed by atoms with Gasteiger partial charge in [0.1, 0.15) is 11.6 Å². The van der Waals surface area contributed by atoms with Gasteiger partial charge >= 0.3 is 0 Å². The largest absolute Gasteiger partial charge is 0.327 e. The molecule has 0 atom stereocenters. The molecule has 1 heterocycles. The quantitative estimate of drug-likeness (QED) is 0.925. The Morgan fingerprint density at radius 3 is 2.57 bits per heavy atom. The molecule has 0 radical (unpaired) electrons. The molecule has 0 aliphatic carbocycles. The van der Waals surface area contributed by atoms with Crippen LogP contribution in [0, 0.1) is 5.82 Å². The summed E-state index contributed by atoms with van der Waals surface area (Å²) >= 11 is 0. The second-order valence-corrected chi connectivity index (χ2v) is 6.14. The standard InChI is InChI=1S/C17H22FN3/c1-17(2,3)20-12-13-9-10-19-16(11-13)21(4)15-8-6-5-7-14(15)18/h5-11,20H,12H2,1-4H3. The zero-order valence-electron chi connectivity index (χ0n) is 13.0. The van der Waals surface area contributed by atoms with Crippen molar-refractivity contribution in [1.29, 1.82) is 0 Å². The monoisotopic (exact) mass is 287 g/mol. The first-order valence-corrected chi connectivity index (χ1v) is 7.05. The highest BCUT2D eigenvalue weighted by molar-refractivity contribution is 5.60. The molecule has 0 amide bonds. The molecule has 4 heteroatoms. The molecule has 2 aromatic rings. The zero-order chi connectivity index (χ0) is 15.5. The average molecular weight is 287 g/mol. The van der Waals surface area contributed by atoms with Gasteiger partial charge in [-0.3, -0.25) is 0 Å². The maximum absolute atomic E-state index is 13.8. The highest BCUT2D eigenvalue weighted by Crippen LogP contribution is 2.24. The lowest BCUT2D eigenvalue weighted by atomic mass is 10.1. The van der Waals surface area contributed by atoms with Crippen molar-refractivity contribution >= 4 is 11.5 Å². The summed E-state index contributed by atoms with van der Waals surface area (Å²) in [4.78, 5) is 6.09. The fourth-order valence-electron chi connectivity index (χ4n) is 1.97. The van der Waals surface area contributed by atoms with E-state index in [2.05, 4.69) is 31.1 Å². The number of anilines is 2. The lowest BCUT2D eigenvalue weighted by molar-refractivity contribution is 0.424. The van der Waals surface area contributed by atoms with Gasteiger partial charge in [-0.1, -0.05) is 12.1 Å². The number of rotatable bonds is 4. The Kier molecular flexibility index (Phi) is 4.58. The summed E-state index contributed by atoms with van der Waals surface area (Å²) in [6.45, 7) is 7.13. The van der Waals surface area contributed by atoms with Crippen LogP contribution in [0.1, 0.15) is 26.3 Å². The number of nitrogens with zero attached hydrogens (tertiary/aromatic N) is 2. The summed E-state index contributed by atoms with van der Waals surface area (Å²) in [5, 5.41) is 3.44. The minimum Gasteiger partial charge on any atom is -0.327 e. The summed E-state index contributed by atoms with van der Waals surface area (Å²) in [6.07, 6.45) is 1.76. The lowest BCUT2D eigenvalue weighted by Gasteiger charge is -2.22. The molecule has 21 heavy (non-hydrogen) atoms. The zero-order valence-corrected chi connectivity index (χ0v) is 13.0. The molecule has 0 aliphatic rings. The van der Waals surface area contributed by atoms with Crippen LogP contribution in [0.3, 0.4) is 0 Å². The molecule has 0 unspecified atom stereocenters. The van der Waals surface area contributed by atoms with Crippen LogP contribution >= 0.6 is 0 Å². The van der Waals surface area contributed by atoms with E-state index in [0.717, 1.165) is 17.9 Å². The topological polar surface area (TPSA) is 28.2 Å². The van der Waals surface area contributed by atoms with E-state index in [0.29, 0.717) is 5.69 Å². The van der Waals surface area contributed by atoms with Crippen LogP contribution in [-0.2, 0) is 6.54 Å². The van der Waals surface area contributed by atoms with Gasteiger partial charge in [-0.2, -0.15) is 0 Å². The number of benzene rings is 1. The summed E-state index contributed by atoms with van der Waals surface area (Å²) in [6, 6.07) is 10.7. The van der Waals surface area contributed by atoms with Crippen molar-refractivity contribution in [1.82, 2.24) is 10.3 Å². The number of halogens is 1. The van der Waals surface area contributed by atoms with Gasteiger partial charge in [0.25, 0.3) is 0 Å². The summed E-state index contributed by atoms with van der Waals surface area (Å²) in [7, 11) is 1.82. The minimum atomic E-state index is -0.250. The van der Waals surface area contributed by atoms with E-state index in [-0.39, 0.29) is 11.4 Å². The van der Waals surface area contributed by atoms with E-state index < -0.39 is 0 Å². The molecule has 0 spiro atoms. The molecular weight excluding hydrogens is 265 g/mol. The number of aromatic nitrogens is 1. The molecule has 0 aliphatic heterocycles. The molecule has 0 fully saturated rings. The van der Waals surface area contributed by atoms with E-state index >= 15 is 0 Å². The third-order valence-electron chi connectivity index (χ3n) is 3.19. The van der Waals surface area contributed by atoms with Crippen molar-refractivity contribution in [3.63, 3.8) is 0 Å². The smallest absolute Gasteiger partial charge is 0.146 e. The fourth-order valence-corrected chi connectivity index (χ4v) is 1.97. The van der Waals surface area contributed by atoms with Gasteiger partial charge in [-0.15, -0.1) is 0 Å². The van der Waals surface area contributed by atoms with Gasteiger partial charge in [0.05, 0.1) is 5.69 Å². The van der Waals surface area contributed by atoms with Crippen LogP contribution in [0.5, 0.6) is 0 Å². The highest BCUT2D eigenvalue weighted by atomic mass is 19.1. The van der Waals surface area contributed by atoms with Crippen LogP contribution in [0.2, 0.25) is 0 Å². The molecule has 1 aromatic heterocycles. The minimum absolute atomic E-state index is 0.0564. The van der Waals surface area contributed by atoms with Crippen LogP contribution in [0.25, 0.3) is 0 Å². The molecular formula is C17H22FN3. The summed E-state index contributed by atoms with van der Waals surface area (Å²) in [5.41, 5.74) is 1.70. The van der Waals surface area contributed by atoms with Crippen LogP contribution in [0.15, 0.2) is 42.6 Å². The molecule has 0 saturated heterocycles. The number of hydrogen-bond acceptors (Lipinski definition) is 3. The highest BCUT2D eigenvalue weighted by Gasteiger charge is 2.12. The average Bonchev–Trinajstić information content (AvgIpc) is 2.44. The van der Waals surface area contributed by atoms with Crippen LogP contribution in [-0.4, -0.2) is 17.6 Å². The van der Waals surface area contributed by atoms with Crippen molar-refractivity contribution < 1.29 is 4.39 Å².